The summed E-state index contributed by atoms with van der Waals surface area (Å²) in [4.78, 5) is 12.4. The largest absolute Gasteiger partial charge is 0.493 e. The monoisotopic (exact) mass is 341 g/mol. The van der Waals surface area contributed by atoms with Gasteiger partial charge in [-0.3, -0.25) is 0 Å². The van der Waals surface area contributed by atoms with Crippen LogP contribution in [0.1, 0.15) is 16.7 Å². The van der Waals surface area contributed by atoms with Gasteiger partial charge in [0.05, 0.1) is 19.6 Å². The van der Waals surface area contributed by atoms with Crippen molar-refractivity contribution in [1.29, 1.82) is 0 Å². The minimum Gasteiger partial charge on any atom is -0.493 e. The predicted octanol–water partition coefficient (Wildman–Crippen LogP) is 3.58. The van der Waals surface area contributed by atoms with Crippen molar-refractivity contribution in [3.05, 3.63) is 40.5 Å². The first-order chi connectivity index (χ1) is 11.7. The summed E-state index contributed by atoms with van der Waals surface area (Å²) >= 11 is 1.67. The van der Waals surface area contributed by atoms with E-state index in [-0.39, 0.29) is 0 Å². The van der Waals surface area contributed by atoms with Crippen molar-refractivity contribution in [3.63, 3.8) is 0 Å². The van der Waals surface area contributed by atoms with E-state index in [1.165, 1.54) is 22.1 Å². The average molecular weight is 341 g/mol. The molecule has 0 N–H and O–H groups in total. The van der Waals surface area contributed by atoms with Gasteiger partial charge in [-0.1, -0.05) is 0 Å². The van der Waals surface area contributed by atoms with E-state index in [1.54, 1.807) is 31.9 Å². The molecule has 0 bridgehead atoms. The molecule has 0 radical (unpaired) electrons. The van der Waals surface area contributed by atoms with Gasteiger partial charge >= 0.3 is 0 Å². The highest BCUT2D eigenvalue weighted by molar-refractivity contribution is 7.17. The molecule has 124 valence electrons. The van der Waals surface area contributed by atoms with Gasteiger partial charge in [-0.2, -0.15) is 0 Å². The van der Waals surface area contributed by atoms with Gasteiger partial charge in [-0.05, 0) is 47.5 Å². The van der Waals surface area contributed by atoms with Gasteiger partial charge < -0.3 is 14.4 Å². The SMILES string of the molecule is COc1cc2c(cc1OC)CN(c1ncnc3scc(C)c13)CC2. The van der Waals surface area contributed by atoms with Crippen LogP contribution in [0.5, 0.6) is 11.5 Å². The Balaban J connectivity index is 1.75. The Morgan fingerprint density at radius 1 is 1.08 bits per heavy atom. The maximum atomic E-state index is 5.45. The zero-order valence-electron chi connectivity index (χ0n) is 14.0. The fourth-order valence-corrected chi connectivity index (χ4v) is 4.19. The molecule has 0 unspecified atom stereocenters. The second kappa shape index (κ2) is 5.94. The molecule has 24 heavy (non-hydrogen) atoms. The Morgan fingerprint density at radius 2 is 1.83 bits per heavy atom. The summed E-state index contributed by atoms with van der Waals surface area (Å²) in [6.45, 7) is 3.87. The fourth-order valence-electron chi connectivity index (χ4n) is 3.30. The van der Waals surface area contributed by atoms with Crippen LogP contribution in [0.15, 0.2) is 23.8 Å². The number of fused-ring (bicyclic) bond motifs is 2. The summed E-state index contributed by atoms with van der Waals surface area (Å²) in [7, 11) is 3.35. The summed E-state index contributed by atoms with van der Waals surface area (Å²) in [5.41, 5.74) is 3.82. The van der Waals surface area contributed by atoms with E-state index >= 15 is 0 Å². The smallest absolute Gasteiger partial charge is 0.161 e. The van der Waals surface area contributed by atoms with Crippen LogP contribution in [0.2, 0.25) is 0 Å². The lowest BCUT2D eigenvalue weighted by Gasteiger charge is -2.31. The predicted molar refractivity (Wildman–Crippen MR) is 96.5 cm³/mol. The summed E-state index contributed by atoms with van der Waals surface area (Å²) in [6.07, 6.45) is 2.63. The van der Waals surface area contributed by atoms with E-state index in [0.717, 1.165) is 41.7 Å². The third-order valence-electron chi connectivity index (χ3n) is 4.55. The van der Waals surface area contributed by atoms with Crippen LogP contribution in [-0.2, 0) is 13.0 Å². The van der Waals surface area contributed by atoms with Crippen LogP contribution in [0.4, 0.5) is 5.82 Å². The standard InChI is InChI=1S/C18H19N3O2S/c1-11-9-24-18-16(11)17(19-10-20-18)21-5-4-12-6-14(22-2)15(23-3)7-13(12)8-21/h6-7,9-10H,4-5,8H2,1-3H3. The number of ether oxygens (including phenoxy) is 2. The van der Waals surface area contributed by atoms with Gasteiger partial charge in [0.15, 0.2) is 11.5 Å². The first-order valence-corrected chi connectivity index (χ1v) is 8.76. The fraction of sp³-hybridized carbons (Fsp3) is 0.333. The minimum absolute atomic E-state index is 0.776. The lowest BCUT2D eigenvalue weighted by Crippen LogP contribution is -2.31. The van der Waals surface area contributed by atoms with E-state index in [1.807, 2.05) is 0 Å². The van der Waals surface area contributed by atoms with Crippen molar-refractivity contribution in [2.75, 3.05) is 25.7 Å². The number of nitrogens with zero attached hydrogens (tertiary/aromatic N) is 3. The first-order valence-electron chi connectivity index (χ1n) is 7.88. The zero-order valence-corrected chi connectivity index (χ0v) is 14.8. The van der Waals surface area contributed by atoms with Crippen molar-refractivity contribution in [2.24, 2.45) is 0 Å². The third-order valence-corrected chi connectivity index (χ3v) is 5.56. The van der Waals surface area contributed by atoms with Crippen LogP contribution >= 0.6 is 11.3 Å². The number of hydrogen-bond donors (Lipinski definition) is 0. The van der Waals surface area contributed by atoms with Gasteiger partial charge in [0.25, 0.3) is 0 Å². The molecule has 1 aliphatic heterocycles. The van der Waals surface area contributed by atoms with E-state index < -0.39 is 0 Å². The molecule has 0 spiro atoms. The summed E-state index contributed by atoms with van der Waals surface area (Å²) in [5.74, 6) is 2.60. The Labute approximate surface area is 144 Å². The molecule has 1 aromatic carbocycles. The minimum atomic E-state index is 0.776. The Hall–Kier alpha value is -2.34. The van der Waals surface area contributed by atoms with E-state index in [4.69, 9.17) is 9.47 Å². The van der Waals surface area contributed by atoms with Crippen molar-refractivity contribution >= 4 is 27.4 Å². The van der Waals surface area contributed by atoms with E-state index in [0.29, 0.717) is 0 Å². The normalized spacial score (nSPS) is 13.9. The first kappa shape index (κ1) is 15.2. The zero-order chi connectivity index (χ0) is 16.7. The van der Waals surface area contributed by atoms with Gasteiger partial charge in [0.1, 0.15) is 17.0 Å². The number of hydrogen-bond acceptors (Lipinski definition) is 6. The quantitative estimate of drug-likeness (QED) is 0.729. The highest BCUT2D eigenvalue weighted by Gasteiger charge is 2.22. The summed E-state index contributed by atoms with van der Waals surface area (Å²) < 4.78 is 10.9. The number of rotatable bonds is 3. The molecule has 0 saturated carbocycles. The van der Waals surface area contributed by atoms with E-state index in [9.17, 15) is 0 Å². The Kier molecular flexibility index (Phi) is 3.76. The van der Waals surface area contributed by atoms with Gasteiger partial charge in [0, 0.05) is 13.1 Å². The number of aromatic nitrogens is 2. The third kappa shape index (κ3) is 2.38. The van der Waals surface area contributed by atoms with Gasteiger partial charge in [0.2, 0.25) is 0 Å². The second-order valence-electron chi connectivity index (χ2n) is 5.94. The average Bonchev–Trinajstić information content (AvgIpc) is 3.01. The molecular formula is C18H19N3O2S. The molecule has 6 heteroatoms. The van der Waals surface area contributed by atoms with Gasteiger partial charge in [-0.15, -0.1) is 11.3 Å². The Morgan fingerprint density at radius 3 is 2.58 bits per heavy atom. The van der Waals surface area contributed by atoms with Crippen molar-refractivity contribution in [2.45, 2.75) is 19.9 Å². The molecule has 5 nitrogen and oxygen atoms in total. The molecule has 0 atom stereocenters. The van der Waals surface area contributed by atoms with Gasteiger partial charge in [-0.25, -0.2) is 9.97 Å². The molecule has 4 rings (SSSR count). The number of aryl methyl sites for hydroxylation is 1. The summed E-state index contributed by atoms with van der Waals surface area (Å²) in [5, 5.41) is 3.32. The highest BCUT2D eigenvalue weighted by Crippen LogP contribution is 2.36. The molecule has 0 saturated heterocycles. The van der Waals surface area contributed by atoms with E-state index in [2.05, 4.69) is 39.3 Å². The van der Waals surface area contributed by atoms with Crippen LogP contribution in [0.25, 0.3) is 10.2 Å². The molecule has 0 amide bonds. The van der Waals surface area contributed by atoms with Crippen LogP contribution in [0.3, 0.4) is 0 Å². The van der Waals surface area contributed by atoms with Crippen molar-refractivity contribution in [3.8, 4) is 11.5 Å². The molecular weight excluding hydrogens is 322 g/mol. The molecule has 0 fully saturated rings. The lowest BCUT2D eigenvalue weighted by molar-refractivity contribution is 0.353. The molecule has 2 aromatic heterocycles. The molecule has 3 aromatic rings. The maximum absolute atomic E-state index is 5.45. The number of methoxy groups -OCH3 is 2. The molecule has 3 heterocycles. The summed E-state index contributed by atoms with van der Waals surface area (Å²) in [6, 6.07) is 4.18. The Bertz CT molecular complexity index is 907. The number of benzene rings is 1. The topological polar surface area (TPSA) is 47.5 Å². The van der Waals surface area contributed by atoms with Crippen molar-refractivity contribution < 1.29 is 9.47 Å². The number of anilines is 1. The second-order valence-corrected chi connectivity index (χ2v) is 6.80. The van der Waals surface area contributed by atoms with Crippen LogP contribution < -0.4 is 14.4 Å². The maximum Gasteiger partial charge on any atom is 0.161 e. The lowest BCUT2D eigenvalue weighted by atomic mass is 9.98. The van der Waals surface area contributed by atoms with Crippen LogP contribution in [0, 0.1) is 6.92 Å². The molecule has 0 aliphatic carbocycles. The number of thiophene rings is 1. The van der Waals surface area contributed by atoms with Crippen LogP contribution in [-0.4, -0.2) is 30.7 Å². The molecule has 1 aliphatic rings. The van der Waals surface area contributed by atoms with Crippen molar-refractivity contribution in [1.82, 2.24) is 9.97 Å². The highest BCUT2D eigenvalue weighted by atomic mass is 32.1.